The molecule has 0 fully saturated rings. The van der Waals surface area contributed by atoms with Crippen LogP contribution in [0.3, 0.4) is 0 Å². The molecule has 0 rings (SSSR count). The van der Waals surface area contributed by atoms with Gasteiger partial charge in [-0.2, -0.15) is 10.5 Å². The van der Waals surface area contributed by atoms with Crippen LogP contribution in [0.25, 0.3) is 0 Å². The van der Waals surface area contributed by atoms with Crippen LogP contribution in [0, 0.1) is 0 Å². The minimum Gasteiger partial charge on any atom is -0.296 e. The molecule has 0 bridgehead atoms. The van der Waals surface area contributed by atoms with Gasteiger partial charge in [0.05, 0.1) is 0 Å². The molecule has 0 aliphatic heterocycles. The molecule has 0 amide bonds. The zero-order chi connectivity index (χ0) is 7.98. The molecule has 0 aliphatic carbocycles. The van der Waals surface area contributed by atoms with Crippen LogP contribution >= 0.6 is 0 Å². The van der Waals surface area contributed by atoms with Crippen molar-refractivity contribution in [3.63, 3.8) is 0 Å². The first-order valence-corrected chi connectivity index (χ1v) is 2.09. The van der Waals surface area contributed by atoms with Crippen LogP contribution in [0.4, 0.5) is 0 Å². The van der Waals surface area contributed by atoms with Crippen molar-refractivity contribution in [3.8, 4) is 0 Å². The second-order valence-corrected chi connectivity index (χ2v) is 1.15. The summed E-state index contributed by atoms with van der Waals surface area (Å²) in [6.45, 7) is 0. The first kappa shape index (κ1) is 8.60. The van der Waals surface area contributed by atoms with Crippen LogP contribution < -0.4 is 0 Å². The minimum absolute atomic E-state index is 0.582. The maximum absolute atomic E-state index is 9.98. The van der Waals surface area contributed by atoms with Crippen molar-refractivity contribution in [1.29, 1.82) is 0 Å². The summed E-state index contributed by atoms with van der Waals surface area (Å²) in [5, 5.41) is 15.2. The minimum atomic E-state index is -1.13. The highest BCUT2D eigenvalue weighted by molar-refractivity contribution is 5.91. The third-order valence-electron chi connectivity index (χ3n) is 0.535. The molecule has 0 aromatic heterocycles. The van der Waals surface area contributed by atoms with E-state index in [1.165, 1.54) is 0 Å². The Morgan fingerprint density at radius 3 is 1.50 bits per heavy atom. The molecule has 0 atom stereocenters. The normalized spacial score (nSPS) is 9.40. The lowest BCUT2D eigenvalue weighted by molar-refractivity contribution is -0.230. The predicted octanol–water partition coefficient (Wildman–Crippen LogP) is -0.425. The molecule has 0 radical (unpaired) electrons. The van der Waals surface area contributed by atoms with Crippen molar-refractivity contribution in [1.82, 2.24) is 0 Å². The first-order valence-electron chi connectivity index (χ1n) is 2.09. The van der Waals surface area contributed by atoms with Crippen molar-refractivity contribution < 1.29 is 29.9 Å². The molecule has 2 N–H and O–H groups in total. The van der Waals surface area contributed by atoms with Gasteiger partial charge in [-0.3, -0.25) is 9.78 Å². The van der Waals surface area contributed by atoms with Crippen molar-refractivity contribution in [2.24, 2.45) is 0 Å². The smallest absolute Gasteiger partial charge is 0.296 e. The molecule has 56 valence electrons. The van der Waals surface area contributed by atoms with E-state index in [0.29, 0.717) is 12.2 Å². The Bertz CT molecular complexity index is 141. The second-order valence-electron chi connectivity index (χ2n) is 1.15. The lowest BCUT2D eigenvalue weighted by Crippen LogP contribution is -1.99. The SMILES string of the molecule is O=C(C=CC(=O)OO)OO. The van der Waals surface area contributed by atoms with Gasteiger partial charge in [-0.05, 0) is 0 Å². The Morgan fingerprint density at radius 2 is 1.30 bits per heavy atom. The lowest BCUT2D eigenvalue weighted by Gasteiger charge is -1.85. The van der Waals surface area contributed by atoms with Gasteiger partial charge >= 0.3 is 11.9 Å². The van der Waals surface area contributed by atoms with E-state index in [1.54, 1.807) is 0 Å². The van der Waals surface area contributed by atoms with Crippen LogP contribution in [-0.2, 0) is 19.4 Å². The van der Waals surface area contributed by atoms with Gasteiger partial charge in [0.2, 0.25) is 0 Å². The maximum atomic E-state index is 9.98. The Kier molecular flexibility index (Phi) is 3.85. The molecule has 0 unspecified atom stereocenters. The molecular formula is C4H4O6. The monoisotopic (exact) mass is 148 g/mol. The summed E-state index contributed by atoms with van der Waals surface area (Å²) in [7, 11) is 0. The van der Waals surface area contributed by atoms with Gasteiger partial charge in [-0.15, -0.1) is 0 Å². The Morgan fingerprint density at radius 1 is 1.00 bits per heavy atom. The van der Waals surface area contributed by atoms with Crippen molar-refractivity contribution in [2.45, 2.75) is 0 Å². The highest BCUT2D eigenvalue weighted by atomic mass is 17.1. The third-order valence-corrected chi connectivity index (χ3v) is 0.535. The molecule has 0 saturated carbocycles. The molecule has 6 heteroatoms. The largest absolute Gasteiger partial charge is 0.365 e. The van der Waals surface area contributed by atoms with Crippen molar-refractivity contribution in [2.75, 3.05) is 0 Å². The van der Waals surface area contributed by atoms with E-state index in [9.17, 15) is 9.59 Å². The molecular weight excluding hydrogens is 144 g/mol. The van der Waals surface area contributed by atoms with E-state index < -0.39 is 11.9 Å². The van der Waals surface area contributed by atoms with E-state index >= 15 is 0 Å². The molecule has 0 aliphatic rings. The average molecular weight is 148 g/mol. The number of hydrogen-bond acceptors (Lipinski definition) is 6. The number of hydrogen-bond donors (Lipinski definition) is 2. The van der Waals surface area contributed by atoms with Gasteiger partial charge in [-0.25, -0.2) is 9.59 Å². The highest BCUT2D eigenvalue weighted by Gasteiger charge is 1.97. The van der Waals surface area contributed by atoms with Gasteiger partial charge in [0.15, 0.2) is 0 Å². The van der Waals surface area contributed by atoms with E-state index in [4.69, 9.17) is 10.5 Å². The van der Waals surface area contributed by atoms with Crippen LogP contribution in [-0.4, -0.2) is 22.5 Å². The zero-order valence-electron chi connectivity index (χ0n) is 4.68. The molecule has 10 heavy (non-hydrogen) atoms. The number of carbonyl (C=O) groups is 2. The van der Waals surface area contributed by atoms with Gasteiger partial charge < -0.3 is 0 Å². The summed E-state index contributed by atoms with van der Waals surface area (Å²) >= 11 is 0. The van der Waals surface area contributed by atoms with E-state index in [2.05, 4.69) is 9.78 Å². The topological polar surface area (TPSA) is 93.1 Å². The summed E-state index contributed by atoms with van der Waals surface area (Å²) in [6.07, 6.45) is 1.16. The summed E-state index contributed by atoms with van der Waals surface area (Å²) in [5.41, 5.74) is 0. The summed E-state index contributed by atoms with van der Waals surface area (Å²) in [4.78, 5) is 26.2. The summed E-state index contributed by atoms with van der Waals surface area (Å²) < 4.78 is 0. The fourth-order valence-electron chi connectivity index (χ4n) is 0.197. The Labute approximate surface area is 55.1 Å². The van der Waals surface area contributed by atoms with Crippen LogP contribution in [0.2, 0.25) is 0 Å². The highest BCUT2D eigenvalue weighted by Crippen LogP contribution is 1.79. The van der Waals surface area contributed by atoms with Crippen molar-refractivity contribution in [3.05, 3.63) is 12.2 Å². The van der Waals surface area contributed by atoms with Gasteiger partial charge in [0.1, 0.15) is 0 Å². The van der Waals surface area contributed by atoms with Crippen LogP contribution in [0.5, 0.6) is 0 Å². The first-order chi connectivity index (χ1) is 4.70. The fraction of sp³-hybridized carbons (Fsp3) is 0. The third kappa shape index (κ3) is 3.58. The Hall–Kier alpha value is -1.40. The lowest BCUT2D eigenvalue weighted by atomic mass is 10.5. The molecule has 6 nitrogen and oxygen atoms in total. The number of carbonyl (C=O) groups excluding carboxylic acids is 2. The molecule has 0 heterocycles. The van der Waals surface area contributed by atoms with Crippen molar-refractivity contribution >= 4 is 11.9 Å². The second kappa shape index (κ2) is 4.48. The number of rotatable bonds is 2. The molecule has 0 aromatic rings. The van der Waals surface area contributed by atoms with E-state index in [0.717, 1.165) is 0 Å². The average Bonchev–Trinajstić information content (AvgIpc) is 1.99. The van der Waals surface area contributed by atoms with Crippen LogP contribution in [0.1, 0.15) is 0 Å². The Balaban J connectivity index is 3.75. The summed E-state index contributed by atoms with van der Waals surface area (Å²) in [6, 6.07) is 0. The van der Waals surface area contributed by atoms with Gasteiger partial charge in [-0.1, -0.05) is 0 Å². The van der Waals surface area contributed by atoms with E-state index in [1.807, 2.05) is 0 Å². The maximum Gasteiger partial charge on any atom is 0.365 e. The van der Waals surface area contributed by atoms with E-state index in [-0.39, 0.29) is 0 Å². The van der Waals surface area contributed by atoms with Gasteiger partial charge in [0.25, 0.3) is 0 Å². The zero-order valence-corrected chi connectivity index (χ0v) is 4.68. The molecule has 0 aromatic carbocycles. The van der Waals surface area contributed by atoms with Crippen LogP contribution in [0.15, 0.2) is 12.2 Å². The predicted molar refractivity (Wildman–Crippen MR) is 26.6 cm³/mol. The molecule has 0 spiro atoms. The van der Waals surface area contributed by atoms with Gasteiger partial charge in [0, 0.05) is 12.2 Å². The fourth-order valence-corrected chi connectivity index (χ4v) is 0.197. The summed E-state index contributed by atoms with van der Waals surface area (Å²) in [5.74, 6) is -2.27. The molecule has 0 saturated heterocycles. The quantitative estimate of drug-likeness (QED) is 0.313. The standard InChI is InChI=1S/C4H4O6/c5-3(9-7)1-2-4(6)10-8/h1-2,7-8H.